The first-order valence-electron chi connectivity index (χ1n) is 6.54. The van der Waals surface area contributed by atoms with Gasteiger partial charge in [-0.2, -0.15) is 26.3 Å². The third-order valence-electron chi connectivity index (χ3n) is 3.29. The van der Waals surface area contributed by atoms with Crippen LogP contribution in [0.15, 0.2) is 42.6 Å². The van der Waals surface area contributed by atoms with Gasteiger partial charge in [0.1, 0.15) is 0 Å². The lowest BCUT2D eigenvalue weighted by molar-refractivity contribution is -0.143. The van der Waals surface area contributed by atoms with Gasteiger partial charge in [-0.1, -0.05) is 12.2 Å². The lowest BCUT2D eigenvalue weighted by Gasteiger charge is -2.28. The SMILES string of the molecule is COC(=O)N1C=CC=CC1c1cc(C(F)(F)F)cc(C(F)(F)F)c1. The summed E-state index contributed by atoms with van der Waals surface area (Å²) < 4.78 is 82.0. The van der Waals surface area contributed by atoms with Crippen molar-refractivity contribution in [2.75, 3.05) is 7.11 Å². The van der Waals surface area contributed by atoms with Gasteiger partial charge in [-0.3, -0.25) is 4.90 Å². The normalized spacial score (nSPS) is 18.0. The van der Waals surface area contributed by atoms with Crippen molar-refractivity contribution in [2.45, 2.75) is 18.4 Å². The van der Waals surface area contributed by atoms with Crippen LogP contribution in [0.25, 0.3) is 0 Å². The van der Waals surface area contributed by atoms with Gasteiger partial charge in [-0.15, -0.1) is 0 Å². The van der Waals surface area contributed by atoms with Crippen LogP contribution in [0.2, 0.25) is 0 Å². The number of benzene rings is 1. The summed E-state index contributed by atoms with van der Waals surface area (Å²) in [5.41, 5.74) is -3.22. The second kappa shape index (κ2) is 6.21. The van der Waals surface area contributed by atoms with E-state index >= 15 is 0 Å². The van der Waals surface area contributed by atoms with Crippen molar-refractivity contribution in [3.05, 3.63) is 59.3 Å². The minimum absolute atomic E-state index is 0.0361. The molecule has 0 aliphatic carbocycles. The van der Waals surface area contributed by atoms with Gasteiger partial charge >= 0.3 is 18.4 Å². The molecular formula is C15H11F6NO2. The first kappa shape index (κ1) is 17.9. The van der Waals surface area contributed by atoms with Crippen molar-refractivity contribution in [1.82, 2.24) is 4.90 Å². The smallest absolute Gasteiger partial charge is 0.416 e. The maximum atomic E-state index is 12.9. The van der Waals surface area contributed by atoms with Crippen molar-refractivity contribution in [2.24, 2.45) is 0 Å². The van der Waals surface area contributed by atoms with Crippen LogP contribution in [0.5, 0.6) is 0 Å². The highest BCUT2D eigenvalue weighted by Crippen LogP contribution is 2.39. The summed E-state index contributed by atoms with van der Waals surface area (Å²) in [5, 5.41) is 0. The van der Waals surface area contributed by atoms with Crippen LogP contribution in [-0.4, -0.2) is 18.1 Å². The van der Waals surface area contributed by atoms with E-state index < -0.39 is 35.6 Å². The second-order valence-electron chi connectivity index (χ2n) is 4.89. The van der Waals surface area contributed by atoms with Gasteiger partial charge in [-0.25, -0.2) is 4.79 Å². The molecule has 1 aromatic rings. The molecule has 3 nitrogen and oxygen atoms in total. The van der Waals surface area contributed by atoms with Crippen molar-refractivity contribution in [3.63, 3.8) is 0 Å². The molecule has 1 aliphatic rings. The van der Waals surface area contributed by atoms with Gasteiger partial charge in [-0.05, 0) is 29.8 Å². The Balaban J connectivity index is 2.58. The van der Waals surface area contributed by atoms with E-state index in [-0.39, 0.29) is 11.6 Å². The molecule has 1 heterocycles. The maximum absolute atomic E-state index is 12.9. The number of hydrogen-bond donors (Lipinski definition) is 0. The Hall–Kier alpha value is -2.45. The number of halogens is 6. The Bertz CT molecular complexity index is 658. The molecule has 0 saturated heterocycles. The fourth-order valence-electron chi connectivity index (χ4n) is 2.20. The highest BCUT2D eigenvalue weighted by molar-refractivity contribution is 5.70. The standard InChI is InChI=1S/C15H11F6NO2/c1-24-13(23)22-5-3-2-4-12(22)9-6-10(14(16,17)18)8-11(7-9)15(19,20)21/h2-8,12H,1H3. The molecule has 1 aromatic carbocycles. The summed E-state index contributed by atoms with van der Waals surface area (Å²) in [7, 11) is 1.05. The number of nitrogens with zero attached hydrogens (tertiary/aromatic N) is 1. The van der Waals surface area contributed by atoms with Crippen LogP contribution in [0.3, 0.4) is 0 Å². The van der Waals surface area contributed by atoms with E-state index in [4.69, 9.17) is 0 Å². The topological polar surface area (TPSA) is 29.5 Å². The fraction of sp³-hybridized carbons (Fsp3) is 0.267. The molecule has 0 radical (unpaired) electrons. The molecule has 0 N–H and O–H groups in total. The highest BCUT2D eigenvalue weighted by atomic mass is 19.4. The minimum Gasteiger partial charge on any atom is -0.452 e. The average Bonchev–Trinajstić information content (AvgIpc) is 2.52. The number of methoxy groups -OCH3 is 1. The Labute approximate surface area is 132 Å². The number of rotatable bonds is 1. The van der Waals surface area contributed by atoms with Crippen LogP contribution in [0, 0.1) is 0 Å². The molecule has 0 saturated carbocycles. The molecule has 1 aliphatic heterocycles. The maximum Gasteiger partial charge on any atom is 0.416 e. The minimum atomic E-state index is -4.96. The molecule has 0 fully saturated rings. The average molecular weight is 351 g/mol. The summed E-state index contributed by atoms with van der Waals surface area (Å²) in [6.07, 6.45) is -5.49. The second-order valence-corrected chi connectivity index (χ2v) is 4.89. The Morgan fingerprint density at radius 3 is 2.00 bits per heavy atom. The Kier molecular flexibility index (Phi) is 4.63. The lowest BCUT2D eigenvalue weighted by atomic mass is 9.97. The van der Waals surface area contributed by atoms with E-state index in [1.807, 2.05) is 0 Å². The van der Waals surface area contributed by atoms with Gasteiger partial charge in [0, 0.05) is 6.20 Å². The van der Waals surface area contributed by atoms with Crippen LogP contribution in [-0.2, 0) is 17.1 Å². The van der Waals surface area contributed by atoms with E-state index in [0.717, 1.165) is 12.0 Å². The third-order valence-corrected chi connectivity index (χ3v) is 3.29. The zero-order chi connectivity index (χ0) is 18.1. The molecule has 24 heavy (non-hydrogen) atoms. The van der Waals surface area contributed by atoms with Crippen molar-refractivity contribution >= 4 is 6.09 Å². The van der Waals surface area contributed by atoms with Crippen LogP contribution >= 0.6 is 0 Å². The summed E-state index contributed by atoms with van der Waals surface area (Å²) in [6.45, 7) is 0. The third kappa shape index (κ3) is 3.72. The Morgan fingerprint density at radius 1 is 1.00 bits per heavy atom. The van der Waals surface area contributed by atoms with E-state index in [9.17, 15) is 31.1 Å². The summed E-state index contributed by atoms with van der Waals surface area (Å²) >= 11 is 0. The molecule has 0 spiro atoms. The quantitative estimate of drug-likeness (QED) is 0.673. The number of amides is 1. The molecule has 1 atom stereocenters. The van der Waals surface area contributed by atoms with Gasteiger partial charge < -0.3 is 4.74 Å². The van der Waals surface area contributed by atoms with Crippen molar-refractivity contribution in [3.8, 4) is 0 Å². The van der Waals surface area contributed by atoms with Gasteiger partial charge in [0.25, 0.3) is 0 Å². The number of ether oxygens (including phenoxy) is 1. The molecule has 0 bridgehead atoms. The predicted molar refractivity (Wildman–Crippen MR) is 71.7 cm³/mol. The first-order valence-corrected chi connectivity index (χ1v) is 6.54. The van der Waals surface area contributed by atoms with E-state index in [2.05, 4.69) is 4.74 Å². The molecule has 130 valence electrons. The van der Waals surface area contributed by atoms with Crippen molar-refractivity contribution < 1.29 is 35.9 Å². The molecule has 0 aromatic heterocycles. The monoisotopic (exact) mass is 351 g/mol. The summed E-state index contributed by atoms with van der Waals surface area (Å²) in [4.78, 5) is 12.6. The molecule has 1 amide bonds. The van der Waals surface area contributed by atoms with Crippen LogP contribution in [0.1, 0.15) is 22.7 Å². The Morgan fingerprint density at radius 2 is 1.54 bits per heavy atom. The molecule has 2 rings (SSSR count). The van der Waals surface area contributed by atoms with Gasteiger partial charge in [0.2, 0.25) is 0 Å². The van der Waals surface area contributed by atoms with E-state index in [1.54, 1.807) is 0 Å². The number of allylic oxidation sites excluding steroid dienone is 2. The number of hydrogen-bond acceptors (Lipinski definition) is 2. The largest absolute Gasteiger partial charge is 0.452 e. The van der Waals surface area contributed by atoms with Gasteiger partial charge in [0.05, 0.1) is 24.3 Å². The van der Waals surface area contributed by atoms with Gasteiger partial charge in [0.15, 0.2) is 0 Å². The first-order chi connectivity index (χ1) is 11.0. The van der Waals surface area contributed by atoms with Crippen LogP contribution < -0.4 is 0 Å². The van der Waals surface area contributed by atoms with E-state index in [1.165, 1.54) is 24.4 Å². The number of alkyl halides is 6. The lowest BCUT2D eigenvalue weighted by Crippen LogP contribution is -2.30. The number of carbonyl (C=O) groups excluding carboxylic acids is 1. The molecule has 1 unspecified atom stereocenters. The van der Waals surface area contributed by atoms with Crippen LogP contribution in [0.4, 0.5) is 31.1 Å². The number of carbonyl (C=O) groups is 1. The van der Waals surface area contributed by atoms with Crippen molar-refractivity contribution in [1.29, 1.82) is 0 Å². The molecular weight excluding hydrogens is 340 g/mol. The molecule has 9 heteroatoms. The fourth-order valence-corrected chi connectivity index (χ4v) is 2.20. The zero-order valence-electron chi connectivity index (χ0n) is 12.2. The zero-order valence-corrected chi connectivity index (χ0v) is 12.2. The summed E-state index contributed by atoms with van der Waals surface area (Å²) in [6, 6.07) is 0.0541. The summed E-state index contributed by atoms with van der Waals surface area (Å²) in [5.74, 6) is 0. The predicted octanol–water partition coefficient (Wildman–Crippen LogP) is 4.92. The van der Waals surface area contributed by atoms with E-state index in [0.29, 0.717) is 12.1 Å². The highest BCUT2D eigenvalue weighted by Gasteiger charge is 2.38.